The summed E-state index contributed by atoms with van der Waals surface area (Å²) in [6.07, 6.45) is 6.97. The normalized spacial score (nSPS) is 11.2. The predicted molar refractivity (Wildman–Crippen MR) is 94.3 cm³/mol. The molecule has 2 rings (SSSR count). The molecule has 23 heavy (non-hydrogen) atoms. The quantitative estimate of drug-likeness (QED) is 0.752. The Morgan fingerprint density at radius 2 is 1.91 bits per heavy atom. The summed E-state index contributed by atoms with van der Waals surface area (Å²) < 4.78 is 0. The summed E-state index contributed by atoms with van der Waals surface area (Å²) in [5.41, 5.74) is 2.52. The highest BCUT2D eigenvalue weighted by atomic mass is 16.1. The van der Waals surface area contributed by atoms with Crippen molar-refractivity contribution in [2.75, 3.05) is 6.54 Å². The lowest BCUT2D eigenvalue weighted by atomic mass is 9.80. The van der Waals surface area contributed by atoms with Crippen molar-refractivity contribution in [3.63, 3.8) is 0 Å². The topological polar surface area (TPSA) is 42.0 Å². The minimum Gasteiger partial charge on any atom is -0.356 e. The van der Waals surface area contributed by atoms with Crippen molar-refractivity contribution in [1.82, 2.24) is 10.3 Å². The standard InChI is InChI=1S/C20H26N2O/c1-20(2,18-10-4-3-5-11-18)13-12-19(23)22-15-7-9-17-8-6-14-21-16-17/h3-6,8,10-11,14,16H,7,9,12-13,15H2,1-2H3,(H,22,23). The van der Waals surface area contributed by atoms with Crippen molar-refractivity contribution in [3.8, 4) is 0 Å². The van der Waals surface area contributed by atoms with Gasteiger partial charge in [-0.3, -0.25) is 9.78 Å². The molecule has 2 aromatic rings. The molecule has 0 aliphatic carbocycles. The minimum atomic E-state index is 0.0221. The number of benzene rings is 1. The fourth-order valence-corrected chi connectivity index (χ4v) is 2.61. The van der Waals surface area contributed by atoms with Crippen molar-refractivity contribution < 1.29 is 4.79 Å². The predicted octanol–water partition coefficient (Wildman–Crippen LogP) is 3.89. The molecule has 1 aromatic heterocycles. The molecule has 1 N–H and O–H groups in total. The second kappa shape index (κ2) is 8.47. The van der Waals surface area contributed by atoms with Crippen molar-refractivity contribution in [2.45, 2.75) is 44.9 Å². The molecule has 0 saturated carbocycles. The van der Waals surface area contributed by atoms with Crippen LogP contribution in [0.15, 0.2) is 54.9 Å². The first-order chi connectivity index (χ1) is 11.1. The Kier molecular flexibility index (Phi) is 6.33. The zero-order chi connectivity index (χ0) is 16.5. The number of carbonyl (C=O) groups excluding carboxylic acids is 1. The van der Waals surface area contributed by atoms with Gasteiger partial charge in [0.25, 0.3) is 0 Å². The Hall–Kier alpha value is -2.16. The average molecular weight is 310 g/mol. The van der Waals surface area contributed by atoms with Gasteiger partial charge >= 0.3 is 0 Å². The van der Waals surface area contributed by atoms with E-state index in [0.717, 1.165) is 25.8 Å². The number of nitrogens with zero attached hydrogens (tertiary/aromatic N) is 1. The van der Waals surface area contributed by atoms with Gasteiger partial charge in [-0.25, -0.2) is 0 Å². The first kappa shape index (κ1) is 17.2. The van der Waals surface area contributed by atoms with Gasteiger partial charge in [-0.1, -0.05) is 50.2 Å². The molecule has 0 spiro atoms. The SMILES string of the molecule is CC(C)(CCC(=O)NCCCc1cccnc1)c1ccccc1. The first-order valence-electron chi connectivity index (χ1n) is 8.29. The Bertz CT molecular complexity index is 594. The van der Waals surface area contributed by atoms with E-state index >= 15 is 0 Å². The van der Waals surface area contributed by atoms with Crippen LogP contribution in [0.25, 0.3) is 0 Å². The molecule has 0 bridgehead atoms. The summed E-state index contributed by atoms with van der Waals surface area (Å²) >= 11 is 0. The fraction of sp³-hybridized carbons (Fsp3) is 0.400. The van der Waals surface area contributed by atoms with Crippen LogP contribution >= 0.6 is 0 Å². The van der Waals surface area contributed by atoms with Gasteiger partial charge in [0, 0.05) is 25.4 Å². The van der Waals surface area contributed by atoms with Gasteiger partial charge in [-0.2, -0.15) is 0 Å². The molecular weight excluding hydrogens is 284 g/mol. The summed E-state index contributed by atoms with van der Waals surface area (Å²) in [5.74, 6) is 0.139. The van der Waals surface area contributed by atoms with E-state index in [1.54, 1.807) is 6.20 Å². The molecule has 122 valence electrons. The van der Waals surface area contributed by atoms with Gasteiger partial charge < -0.3 is 5.32 Å². The number of carbonyl (C=O) groups is 1. The minimum absolute atomic E-state index is 0.0221. The zero-order valence-electron chi connectivity index (χ0n) is 14.1. The van der Waals surface area contributed by atoms with E-state index in [1.807, 2.05) is 18.3 Å². The van der Waals surface area contributed by atoms with Gasteiger partial charge in [0.15, 0.2) is 0 Å². The summed E-state index contributed by atoms with van der Waals surface area (Å²) in [6.45, 7) is 5.11. The van der Waals surface area contributed by atoms with Gasteiger partial charge in [0.05, 0.1) is 0 Å². The van der Waals surface area contributed by atoms with Crippen LogP contribution in [0.3, 0.4) is 0 Å². The van der Waals surface area contributed by atoms with Crippen LogP contribution in [0.4, 0.5) is 0 Å². The molecule has 0 saturated heterocycles. The number of hydrogen-bond donors (Lipinski definition) is 1. The van der Waals surface area contributed by atoms with Crippen molar-refractivity contribution >= 4 is 5.91 Å². The molecule has 1 heterocycles. The number of hydrogen-bond acceptors (Lipinski definition) is 2. The second-order valence-electron chi connectivity index (χ2n) is 6.56. The zero-order valence-corrected chi connectivity index (χ0v) is 14.1. The third kappa shape index (κ3) is 5.85. The summed E-state index contributed by atoms with van der Waals surface area (Å²) in [7, 11) is 0. The van der Waals surface area contributed by atoms with Crippen LogP contribution in [-0.4, -0.2) is 17.4 Å². The molecule has 1 amide bonds. The van der Waals surface area contributed by atoms with Crippen LogP contribution in [-0.2, 0) is 16.6 Å². The molecule has 0 fully saturated rings. The fourth-order valence-electron chi connectivity index (χ4n) is 2.61. The van der Waals surface area contributed by atoms with Crippen LogP contribution in [0.1, 0.15) is 44.2 Å². The largest absolute Gasteiger partial charge is 0.356 e. The second-order valence-corrected chi connectivity index (χ2v) is 6.56. The van der Waals surface area contributed by atoms with E-state index in [2.05, 4.69) is 54.5 Å². The lowest BCUT2D eigenvalue weighted by molar-refractivity contribution is -0.121. The lowest BCUT2D eigenvalue weighted by Gasteiger charge is -2.25. The van der Waals surface area contributed by atoms with Crippen LogP contribution < -0.4 is 5.32 Å². The number of aryl methyl sites for hydroxylation is 1. The van der Waals surface area contributed by atoms with E-state index in [9.17, 15) is 4.79 Å². The maximum Gasteiger partial charge on any atom is 0.220 e. The van der Waals surface area contributed by atoms with Gasteiger partial charge in [0.2, 0.25) is 5.91 Å². The van der Waals surface area contributed by atoms with E-state index in [1.165, 1.54) is 11.1 Å². The Balaban J connectivity index is 1.67. The van der Waals surface area contributed by atoms with Crippen molar-refractivity contribution in [1.29, 1.82) is 0 Å². The summed E-state index contributed by atoms with van der Waals surface area (Å²) in [4.78, 5) is 16.1. The van der Waals surface area contributed by atoms with Crippen molar-refractivity contribution in [3.05, 3.63) is 66.0 Å². The van der Waals surface area contributed by atoms with E-state index < -0.39 is 0 Å². The maximum absolute atomic E-state index is 12.0. The highest BCUT2D eigenvalue weighted by molar-refractivity contribution is 5.75. The Labute approximate surface area is 139 Å². The van der Waals surface area contributed by atoms with Gasteiger partial charge in [0.1, 0.15) is 0 Å². The average Bonchev–Trinajstić information content (AvgIpc) is 2.59. The van der Waals surface area contributed by atoms with Crippen LogP contribution in [0, 0.1) is 0 Å². The highest BCUT2D eigenvalue weighted by Gasteiger charge is 2.21. The Morgan fingerprint density at radius 1 is 1.13 bits per heavy atom. The van der Waals surface area contributed by atoms with Gasteiger partial charge in [-0.05, 0) is 41.9 Å². The third-order valence-corrected chi connectivity index (χ3v) is 4.22. The number of pyridine rings is 1. The highest BCUT2D eigenvalue weighted by Crippen LogP contribution is 2.27. The molecule has 0 unspecified atom stereocenters. The summed E-state index contributed by atoms with van der Waals surface area (Å²) in [6, 6.07) is 14.4. The molecular formula is C20H26N2O. The van der Waals surface area contributed by atoms with Crippen molar-refractivity contribution in [2.24, 2.45) is 0 Å². The first-order valence-corrected chi connectivity index (χ1v) is 8.29. The van der Waals surface area contributed by atoms with E-state index in [-0.39, 0.29) is 11.3 Å². The number of rotatable bonds is 8. The molecule has 0 aliphatic heterocycles. The van der Waals surface area contributed by atoms with Gasteiger partial charge in [-0.15, -0.1) is 0 Å². The smallest absolute Gasteiger partial charge is 0.220 e. The molecule has 0 radical (unpaired) electrons. The number of amides is 1. The number of nitrogens with one attached hydrogen (secondary N) is 1. The van der Waals surface area contributed by atoms with E-state index in [4.69, 9.17) is 0 Å². The Morgan fingerprint density at radius 3 is 2.61 bits per heavy atom. The monoisotopic (exact) mass is 310 g/mol. The molecule has 3 heteroatoms. The summed E-state index contributed by atoms with van der Waals surface area (Å²) in [5, 5.41) is 3.02. The van der Waals surface area contributed by atoms with E-state index in [0.29, 0.717) is 6.42 Å². The molecule has 0 atom stereocenters. The molecule has 3 nitrogen and oxygen atoms in total. The number of aromatic nitrogens is 1. The maximum atomic E-state index is 12.0. The third-order valence-electron chi connectivity index (χ3n) is 4.22. The van der Waals surface area contributed by atoms with Crippen LogP contribution in [0.5, 0.6) is 0 Å². The lowest BCUT2D eigenvalue weighted by Crippen LogP contribution is -2.27. The molecule has 1 aromatic carbocycles. The molecule has 0 aliphatic rings. The van der Waals surface area contributed by atoms with Crippen LogP contribution in [0.2, 0.25) is 0 Å².